The average molecular weight is 221 g/mol. The van der Waals surface area contributed by atoms with Crippen LogP contribution >= 0.6 is 0 Å². The van der Waals surface area contributed by atoms with Gasteiger partial charge in [-0.3, -0.25) is 4.90 Å². The largest absolute Gasteiger partial charge is 0.448 e. The number of para-hydroxylation sites is 1. The van der Waals surface area contributed by atoms with Gasteiger partial charge < -0.3 is 9.47 Å². The first-order valence-corrected chi connectivity index (χ1v) is 4.93. The smallest absolute Gasteiger partial charge is 0.410 e. The number of benzene rings is 1. The number of rotatable bonds is 3. The number of hydrogen-bond donors (Lipinski definition) is 0. The maximum atomic E-state index is 11.4. The monoisotopic (exact) mass is 221 g/mol. The van der Waals surface area contributed by atoms with Gasteiger partial charge in [0.05, 0.1) is 6.54 Å². The van der Waals surface area contributed by atoms with Crippen LogP contribution in [0.4, 0.5) is 4.79 Å². The molecule has 1 aliphatic rings. The lowest BCUT2D eigenvalue weighted by Crippen LogP contribution is -2.32. The molecule has 84 valence electrons. The summed E-state index contributed by atoms with van der Waals surface area (Å²) in [5.74, 6) is 0.00474. The highest BCUT2D eigenvalue weighted by Crippen LogP contribution is 2.09. The molecule has 0 unspecified atom stereocenters. The van der Waals surface area contributed by atoms with Crippen LogP contribution in [0.2, 0.25) is 0 Å². The Labute approximate surface area is 92.6 Å². The lowest BCUT2D eigenvalue weighted by Gasteiger charge is -2.11. The molecule has 5 nitrogen and oxygen atoms in total. The summed E-state index contributed by atoms with van der Waals surface area (Å²) in [7, 11) is 0. The highest BCUT2D eigenvalue weighted by molar-refractivity contribution is 5.80. The second-order valence-electron chi connectivity index (χ2n) is 3.32. The molecule has 2 rings (SSSR count). The zero-order chi connectivity index (χ0) is 11.4. The molecule has 0 atom stereocenters. The van der Waals surface area contributed by atoms with Gasteiger partial charge in [-0.25, -0.2) is 9.59 Å². The number of carbonyl (C=O) groups excluding carboxylic acids is 2. The topological polar surface area (TPSA) is 55.8 Å². The van der Waals surface area contributed by atoms with E-state index in [2.05, 4.69) is 0 Å². The van der Waals surface area contributed by atoms with E-state index in [4.69, 9.17) is 9.47 Å². The molecule has 1 amide bonds. The predicted octanol–water partition coefficient (Wildman–Crippen LogP) is 1.04. The van der Waals surface area contributed by atoms with Crippen molar-refractivity contribution < 1.29 is 19.1 Å². The second-order valence-corrected chi connectivity index (χ2v) is 3.32. The number of esters is 1. The number of nitrogens with zero attached hydrogens (tertiary/aromatic N) is 1. The van der Waals surface area contributed by atoms with Crippen molar-refractivity contribution in [3.63, 3.8) is 0 Å². The summed E-state index contributed by atoms with van der Waals surface area (Å²) in [6.07, 6.45) is -0.468. The zero-order valence-electron chi connectivity index (χ0n) is 8.59. The number of carbonyl (C=O) groups is 2. The third-order valence-electron chi connectivity index (χ3n) is 2.14. The molecule has 1 aromatic carbocycles. The van der Waals surface area contributed by atoms with Gasteiger partial charge in [0, 0.05) is 0 Å². The Kier molecular flexibility index (Phi) is 3.05. The number of cyclic esters (lactones) is 1. The Morgan fingerprint density at radius 2 is 2.12 bits per heavy atom. The van der Waals surface area contributed by atoms with Crippen LogP contribution in [-0.4, -0.2) is 36.7 Å². The van der Waals surface area contributed by atoms with Gasteiger partial charge in [0.25, 0.3) is 0 Å². The molecule has 1 aliphatic heterocycles. The maximum Gasteiger partial charge on any atom is 0.410 e. The van der Waals surface area contributed by atoms with Crippen LogP contribution in [0.15, 0.2) is 30.3 Å². The van der Waals surface area contributed by atoms with Crippen LogP contribution in [0.1, 0.15) is 0 Å². The van der Waals surface area contributed by atoms with Crippen molar-refractivity contribution in [2.24, 2.45) is 0 Å². The van der Waals surface area contributed by atoms with Crippen LogP contribution in [0.25, 0.3) is 0 Å². The first-order valence-electron chi connectivity index (χ1n) is 4.93. The Morgan fingerprint density at radius 1 is 1.38 bits per heavy atom. The molecule has 1 heterocycles. The van der Waals surface area contributed by atoms with Crippen molar-refractivity contribution in [3.05, 3.63) is 30.3 Å². The van der Waals surface area contributed by atoms with E-state index < -0.39 is 12.1 Å². The van der Waals surface area contributed by atoms with E-state index in [-0.39, 0.29) is 6.54 Å². The molecule has 1 fully saturated rings. The molecular weight excluding hydrogens is 210 g/mol. The molecule has 1 aromatic rings. The van der Waals surface area contributed by atoms with Crippen molar-refractivity contribution in [2.75, 3.05) is 19.7 Å². The highest BCUT2D eigenvalue weighted by Gasteiger charge is 2.24. The van der Waals surface area contributed by atoms with E-state index in [1.165, 1.54) is 4.90 Å². The van der Waals surface area contributed by atoms with Crippen LogP contribution in [0.5, 0.6) is 5.75 Å². The van der Waals surface area contributed by atoms with Gasteiger partial charge in [-0.15, -0.1) is 0 Å². The van der Waals surface area contributed by atoms with E-state index in [1.807, 2.05) is 6.07 Å². The van der Waals surface area contributed by atoms with E-state index in [1.54, 1.807) is 24.3 Å². The van der Waals surface area contributed by atoms with Crippen molar-refractivity contribution in [3.8, 4) is 5.75 Å². The van der Waals surface area contributed by atoms with E-state index in [0.29, 0.717) is 18.9 Å². The second kappa shape index (κ2) is 4.65. The lowest BCUT2D eigenvalue weighted by molar-refractivity contribution is -0.134. The Hall–Kier alpha value is -2.04. The summed E-state index contributed by atoms with van der Waals surface area (Å²) in [5, 5.41) is 0. The fraction of sp³-hybridized carbons (Fsp3) is 0.273. The van der Waals surface area contributed by atoms with Crippen LogP contribution in [0.3, 0.4) is 0 Å². The quantitative estimate of drug-likeness (QED) is 0.565. The minimum absolute atomic E-state index is 0.0757. The van der Waals surface area contributed by atoms with E-state index >= 15 is 0 Å². The molecule has 0 N–H and O–H groups in total. The summed E-state index contributed by atoms with van der Waals surface area (Å²) >= 11 is 0. The normalized spacial score (nSPS) is 14.8. The predicted molar refractivity (Wildman–Crippen MR) is 55.0 cm³/mol. The first-order chi connectivity index (χ1) is 7.75. The summed E-state index contributed by atoms with van der Waals surface area (Å²) in [6, 6.07) is 8.73. The van der Waals surface area contributed by atoms with Gasteiger partial charge in [0.15, 0.2) is 0 Å². The fourth-order valence-electron chi connectivity index (χ4n) is 1.38. The third-order valence-corrected chi connectivity index (χ3v) is 2.14. The van der Waals surface area contributed by atoms with Crippen molar-refractivity contribution in [1.82, 2.24) is 4.90 Å². The van der Waals surface area contributed by atoms with Gasteiger partial charge in [0.1, 0.15) is 18.9 Å². The Balaban J connectivity index is 1.87. The van der Waals surface area contributed by atoms with E-state index in [9.17, 15) is 9.59 Å². The SMILES string of the molecule is O=C(CN1CCOC1=O)Oc1ccccc1. The first kappa shape index (κ1) is 10.5. The van der Waals surface area contributed by atoms with Crippen molar-refractivity contribution >= 4 is 12.1 Å². The van der Waals surface area contributed by atoms with E-state index in [0.717, 1.165) is 0 Å². The van der Waals surface area contributed by atoms with Gasteiger partial charge >= 0.3 is 12.1 Å². The molecule has 0 aliphatic carbocycles. The van der Waals surface area contributed by atoms with Crippen molar-refractivity contribution in [1.29, 1.82) is 0 Å². The van der Waals surface area contributed by atoms with Gasteiger partial charge in [-0.05, 0) is 12.1 Å². The highest BCUT2D eigenvalue weighted by atomic mass is 16.6. The van der Waals surface area contributed by atoms with Crippen LogP contribution < -0.4 is 4.74 Å². The molecule has 0 aromatic heterocycles. The molecule has 0 saturated carbocycles. The summed E-state index contributed by atoms with van der Waals surface area (Å²) in [6.45, 7) is 0.688. The number of hydrogen-bond acceptors (Lipinski definition) is 4. The van der Waals surface area contributed by atoms with Gasteiger partial charge in [0.2, 0.25) is 0 Å². The molecular formula is C11H11NO4. The summed E-state index contributed by atoms with van der Waals surface area (Å²) in [5.41, 5.74) is 0. The zero-order valence-corrected chi connectivity index (χ0v) is 8.59. The Bertz CT molecular complexity index is 390. The summed E-state index contributed by atoms with van der Waals surface area (Å²) < 4.78 is 9.73. The Morgan fingerprint density at radius 3 is 2.75 bits per heavy atom. The minimum Gasteiger partial charge on any atom is -0.448 e. The standard InChI is InChI=1S/C11H11NO4/c13-10(8-12-6-7-15-11(12)14)16-9-4-2-1-3-5-9/h1-5H,6-8H2. The molecule has 0 bridgehead atoms. The molecule has 5 heteroatoms. The van der Waals surface area contributed by atoms with Crippen molar-refractivity contribution in [2.45, 2.75) is 0 Å². The molecule has 0 radical (unpaired) electrons. The van der Waals surface area contributed by atoms with Crippen LogP contribution in [-0.2, 0) is 9.53 Å². The van der Waals surface area contributed by atoms with Crippen LogP contribution in [0, 0.1) is 0 Å². The van der Waals surface area contributed by atoms with Gasteiger partial charge in [-0.2, -0.15) is 0 Å². The average Bonchev–Trinajstić information content (AvgIpc) is 2.66. The summed E-state index contributed by atoms with van der Waals surface area (Å²) in [4.78, 5) is 23.8. The molecule has 16 heavy (non-hydrogen) atoms. The molecule has 0 spiro atoms. The fourth-order valence-corrected chi connectivity index (χ4v) is 1.38. The third kappa shape index (κ3) is 2.50. The molecule has 1 saturated heterocycles. The number of ether oxygens (including phenoxy) is 2. The number of amides is 1. The lowest BCUT2D eigenvalue weighted by atomic mass is 10.3. The minimum atomic E-state index is -0.468. The maximum absolute atomic E-state index is 11.4. The van der Waals surface area contributed by atoms with Gasteiger partial charge in [-0.1, -0.05) is 18.2 Å².